The second kappa shape index (κ2) is 8.33. The monoisotopic (exact) mass is 348 g/mol. The van der Waals surface area contributed by atoms with Gasteiger partial charge in [-0.05, 0) is 23.8 Å². The lowest BCUT2D eigenvalue weighted by Gasteiger charge is -2.33. The summed E-state index contributed by atoms with van der Waals surface area (Å²) in [5, 5.41) is 3.62. The van der Waals surface area contributed by atoms with Gasteiger partial charge in [0.05, 0.1) is 31.9 Å². The van der Waals surface area contributed by atoms with Crippen molar-refractivity contribution in [3.8, 4) is 0 Å². The van der Waals surface area contributed by atoms with Crippen LogP contribution in [0.4, 0.5) is 0 Å². The molecule has 1 saturated heterocycles. The maximum Gasteiger partial charge on any atom is 0.224 e. The molecule has 1 atom stereocenters. The van der Waals surface area contributed by atoms with E-state index in [4.69, 9.17) is 20.8 Å². The van der Waals surface area contributed by atoms with E-state index in [1.807, 2.05) is 30.3 Å². The van der Waals surface area contributed by atoms with Gasteiger partial charge in [0, 0.05) is 24.7 Å². The zero-order valence-electron chi connectivity index (χ0n) is 13.4. The molecule has 1 aromatic carbocycles. The number of rotatable bonds is 6. The fraction of sp³-hybridized carbons (Fsp3) is 0.389. The molecule has 128 valence electrons. The third kappa shape index (κ3) is 4.38. The second-order valence-electron chi connectivity index (χ2n) is 5.75. The summed E-state index contributed by atoms with van der Waals surface area (Å²) in [5.41, 5.74) is 0.831. The third-order valence-corrected chi connectivity index (χ3v) is 4.53. The summed E-state index contributed by atoms with van der Waals surface area (Å²) >= 11 is 6.12. The summed E-state index contributed by atoms with van der Waals surface area (Å²) in [6.07, 6.45) is 1.93. The summed E-state index contributed by atoms with van der Waals surface area (Å²) in [6.45, 7) is 3.55. The van der Waals surface area contributed by atoms with Crippen LogP contribution < -0.4 is 5.32 Å². The van der Waals surface area contributed by atoms with Gasteiger partial charge in [-0.2, -0.15) is 0 Å². The Morgan fingerprint density at radius 3 is 2.71 bits per heavy atom. The van der Waals surface area contributed by atoms with Gasteiger partial charge < -0.3 is 14.5 Å². The molecule has 0 radical (unpaired) electrons. The minimum atomic E-state index is -0.0482. The van der Waals surface area contributed by atoms with E-state index >= 15 is 0 Å². The normalized spacial score (nSPS) is 16.7. The Kier molecular flexibility index (Phi) is 5.91. The van der Waals surface area contributed by atoms with E-state index in [1.54, 1.807) is 12.3 Å². The van der Waals surface area contributed by atoms with Crippen LogP contribution in [0.5, 0.6) is 0 Å². The molecule has 1 N–H and O–H groups in total. The maximum atomic E-state index is 12.3. The van der Waals surface area contributed by atoms with Crippen molar-refractivity contribution < 1.29 is 13.9 Å². The Morgan fingerprint density at radius 1 is 1.21 bits per heavy atom. The summed E-state index contributed by atoms with van der Waals surface area (Å²) < 4.78 is 11.0. The molecule has 2 heterocycles. The van der Waals surface area contributed by atoms with Crippen molar-refractivity contribution in [3.05, 3.63) is 59.0 Å². The van der Waals surface area contributed by atoms with Crippen molar-refractivity contribution in [1.29, 1.82) is 0 Å². The van der Waals surface area contributed by atoms with Crippen LogP contribution in [0.15, 0.2) is 47.1 Å². The van der Waals surface area contributed by atoms with Crippen molar-refractivity contribution >= 4 is 17.5 Å². The highest BCUT2D eigenvalue weighted by Gasteiger charge is 2.25. The number of carbonyl (C=O) groups excluding carboxylic acids is 1. The number of hydrogen-bond donors (Lipinski definition) is 1. The van der Waals surface area contributed by atoms with E-state index in [2.05, 4.69) is 10.2 Å². The van der Waals surface area contributed by atoms with Gasteiger partial charge in [0.15, 0.2) is 0 Å². The average Bonchev–Trinajstić information content (AvgIpc) is 3.12. The number of benzene rings is 1. The van der Waals surface area contributed by atoms with Crippen LogP contribution in [-0.2, 0) is 16.0 Å². The van der Waals surface area contributed by atoms with Crippen LogP contribution in [-0.4, -0.2) is 43.7 Å². The summed E-state index contributed by atoms with van der Waals surface area (Å²) in [4.78, 5) is 14.6. The predicted octanol–water partition coefficient (Wildman–Crippen LogP) is 2.67. The van der Waals surface area contributed by atoms with E-state index < -0.39 is 0 Å². The summed E-state index contributed by atoms with van der Waals surface area (Å²) in [6, 6.07) is 11.2. The molecule has 3 rings (SSSR count). The molecule has 0 aliphatic carbocycles. The van der Waals surface area contributed by atoms with Crippen LogP contribution in [0.25, 0.3) is 0 Å². The van der Waals surface area contributed by atoms with E-state index in [9.17, 15) is 4.79 Å². The topological polar surface area (TPSA) is 54.7 Å². The SMILES string of the molecule is O=C(Cc1ccccc1Cl)NC[C@@H](c1ccco1)N1CCOCC1. The predicted molar refractivity (Wildman–Crippen MR) is 92.0 cm³/mol. The number of nitrogens with one attached hydrogen (secondary N) is 1. The first-order chi connectivity index (χ1) is 11.7. The van der Waals surface area contributed by atoms with Crippen LogP contribution in [0.2, 0.25) is 5.02 Å². The standard InChI is InChI=1S/C18H21ClN2O3/c19-15-5-2-1-4-14(15)12-18(22)20-13-16(17-6-3-9-24-17)21-7-10-23-11-8-21/h1-6,9,16H,7-8,10-13H2,(H,20,22)/t16-/m0/s1. The third-order valence-electron chi connectivity index (χ3n) is 4.16. The van der Waals surface area contributed by atoms with Gasteiger partial charge >= 0.3 is 0 Å². The zero-order valence-corrected chi connectivity index (χ0v) is 14.2. The number of halogens is 1. The number of hydrogen-bond acceptors (Lipinski definition) is 4. The smallest absolute Gasteiger partial charge is 0.224 e. The van der Waals surface area contributed by atoms with E-state index in [1.165, 1.54) is 0 Å². The van der Waals surface area contributed by atoms with Gasteiger partial charge in [-0.15, -0.1) is 0 Å². The van der Waals surface area contributed by atoms with Crippen molar-refractivity contribution in [2.45, 2.75) is 12.5 Å². The van der Waals surface area contributed by atoms with Gasteiger partial charge in [0.25, 0.3) is 0 Å². The van der Waals surface area contributed by atoms with Crippen molar-refractivity contribution in [3.63, 3.8) is 0 Å². The lowest BCUT2D eigenvalue weighted by atomic mass is 10.1. The molecule has 0 bridgehead atoms. The number of ether oxygens (including phenoxy) is 1. The summed E-state index contributed by atoms with van der Waals surface area (Å²) in [5.74, 6) is 0.808. The van der Waals surface area contributed by atoms with E-state index in [0.29, 0.717) is 24.8 Å². The van der Waals surface area contributed by atoms with Crippen LogP contribution in [0.3, 0.4) is 0 Å². The lowest BCUT2D eigenvalue weighted by molar-refractivity contribution is -0.120. The van der Waals surface area contributed by atoms with Crippen LogP contribution in [0.1, 0.15) is 17.4 Å². The molecule has 1 fully saturated rings. The first-order valence-electron chi connectivity index (χ1n) is 8.09. The van der Waals surface area contributed by atoms with E-state index in [0.717, 1.165) is 24.4 Å². The van der Waals surface area contributed by atoms with Crippen LogP contribution >= 0.6 is 11.6 Å². The minimum Gasteiger partial charge on any atom is -0.468 e. The molecule has 24 heavy (non-hydrogen) atoms. The molecule has 0 spiro atoms. The number of nitrogens with zero attached hydrogens (tertiary/aromatic N) is 1. The maximum absolute atomic E-state index is 12.3. The van der Waals surface area contributed by atoms with Gasteiger partial charge in [0.1, 0.15) is 5.76 Å². The number of carbonyl (C=O) groups is 1. The molecule has 0 unspecified atom stereocenters. The van der Waals surface area contributed by atoms with E-state index in [-0.39, 0.29) is 18.4 Å². The molecule has 6 heteroatoms. The largest absolute Gasteiger partial charge is 0.468 e. The molecular formula is C18H21ClN2O3. The number of morpholine rings is 1. The Morgan fingerprint density at radius 2 is 2.00 bits per heavy atom. The van der Waals surface area contributed by atoms with Gasteiger partial charge in [0.2, 0.25) is 5.91 Å². The molecule has 1 aliphatic rings. The van der Waals surface area contributed by atoms with Gasteiger partial charge in [-0.25, -0.2) is 0 Å². The zero-order chi connectivity index (χ0) is 16.8. The average molecular weight is 349 g/mol. The Bertz CT molecular complexity index is 654. The summed E-state index contributed by atoms with van der Waals surface area (Å²) in [7, 11) is 0. The second-order valence-corrected chi connectivity index (χ2v) is 6.16. The van der Waals surface area contributed by atoms with Gasteiger partial charge in [-0.3, -0.25) is 9.69 Å². The van der Waals surface area contributed by atoms with Crippen molar-refractivity contribution in [1.82, 2.24) is 10.2 Å². The molecule has 5 nitrogen and oxygen atoms in total. The molecule has 2 aromatic rings. The van der Waals surface area contributed by atoms with Crippen molar-refractivity contribution in [2.75, 3.05) is 32.8 Å². The van der Waals surface area contributed by atoms with Crippen molar-refractivity contribution in [2.24, 2.45) is 0 Å². The fourth-order valence-corrected chi connectivity index (χ4v) is 3.07. The first-order valence-corrected chi connectivity index (χ1v) is 8.47. The Labute approximate surface area is 146 Å². The first kappa shape index (κ1) is 17.0. The Hall–Kier alpha value is -1.82. The molecule has 1 aromatic heterocycles. The highest BCUT2D eigenvalue weighted by atomic mass is 35.5. The quantitative estimate of drug-likeness (QED) is 0.872. The van der Waals surface area contributed by atoms with Crippen LogP contribution in [0, 0.1) is 0 Å². The molecular weight excluding hydrogens is 328 g/mol. The number of furan rings is 1. The minimum absolute atomic E-state index is 0.0131. The Balaban J connectivity index is 1.61. The van der Waals surface area contributed by atoms with Gasteiger partial charge in [-0.1, -0.05) is 29.8 Å². The molecule has 0 saturated carbocycles. The lowest BCUT2D eigenvalue weighted by Crippen LogP contribution is -2.43. The molecule has 1 amide bonds. The highest BCUT2D eigenvalue weighted by molar-refractivity contribution is 6.31. The number of amides is 1. The molecule has 1 aliphatic heterocycles. The fourth-order valence-electron chi connectivity index (χ4n) is 2.87. The highest BCUT2D eigenvalue weighted by Crippen LogP contribution is 2.22.